The SMILES string of the molecule is NNc1ccncc1S(=O)(=O)N1CC2CCC(C1)O2. The van der Waals surface area contributed by atoms with E-state index in [2.05, 4.69) is 10.4 Å². The molecule has 1 aromatic rings. The molecule has 0 saturated carbocycles. The van der Waals surface area contributed by atoms with Crippen LogP contribution in [-0.2, 0) is 14.8 Å². The molecule has 7 nitrogen and oxygen atoms in total. The van der Waals surface area contributed by atoms with Gasteiger partial charge in [0.1, 0.15) is 4.90 Å². The van der Waals surface area contributed by atoms with Gasteiger partial charge in [-0.1, -0.05) is 0 Å². The second kappa shape index (κ2) is 4.71. The average Bonchev–Trinajstić information content (AvgIpc) is 2.77. The minimum atomic E-state index is -3.58. The predicted molar refractivity (Wildman–Crippen MR) is 68.7 cm³/mol. The number of rotatable bonds is 3. The molecule has 3 heterocycles. The van der Waals surface area contributed by atoms with Crippen LogP contribution in [0.15, 0.2) is 23.4 Å². The Hall–Kier alpha value is -1.22. The highest BCUT2D eigenvalue weighted by Crippen LogP contribution is 2.31. The van der Waals surface area contributed by atoms with Gasteiger partial charge < -0.3 is 10.2 Å². The second-order valence-electron chi connectivity index (χ2n) is 4.80. The van der Waals surface area contributed by atoms with Crippen LogP contribution in [0.5, 0.6) is 0 Å². The maximum Gasteiger partial charge on any atom is 0.246 e. The molecule has 19 heavy (non-hydrogen) atoms. The maximum absolute atomic E-state index is 12.6. The maximum atomic E-state index is 12.6. The normalized spacial score (nSPS) is 27.4. The molecule has 0 amide bonds. The topological polar surface area (TPSA) is 97.5 Å². The number of pyridine rings is 1. The highest BCUT2D eigenvalue weighted by molar-refractivity contribution is 7.89. The molecule has 2 bridgehead atoms. The number of ether oxygens (including phenoxy) is 1. The van der Waals surface area contributed by atoms with Gasteiger partial charge in [0.05, 0.1) is 17.9 Å². The quantitative estimate of drug-likeness (QED) is 0.595. The number of fused-ring (bicyclic) bond motifs is 2. The van der Waals surface area contributed by atoms with Crippen LogP contribution < -0.4 is 11.3 Å². The van der Waals surface area contributed by atoms with E-state index in [-0.39, 0.29) is 17.1 Å². The highest BCUT2D eigenvalue weighted by atomic mass is 32.2. The van der Waals surface area contributed by atoms with Gasteiger partial charge >= 0.3 is 0 Å². The molecule has 0 spiro atoms. The van der Waals surface area contributed by atoms with Crippen molar-refractivity contribution in [2.75, 3.05) is 18.5 Å². The summed E-state index contributed by atoms with van der Waals surface area (Å²) < 4.78 is 32.4. The first-order valence-electron chi connectivity index (χ1n) is 6.17. The number of nitrogens with two attached hydrogens (primary N) is 1. The Labute approximate surface area is 111 Å². The fourth-order valence-electron chi connectivity index (χ4n) is 2.62. The molecule has 3 rings (SSSR count). The lowest BCUT2D eigenvalue weighted by molar-refractivity contribution is -0.0114. The third-order valence-corrected chi connectivity index (χ3v) is 5.43. The van der Waals surface area contributed by atoms with Crippen molar-refractivity contribution in [2.24, 2.45) is 5.84 Å². The Morgan fingerprint density at radius 1 is 1.37 bits per heavy atom. The van der Waals surface area contributed by atoms with E-state index >= 15 is 0 Å². The van der Waals surface area contributed by atoms with E-state index in [0.29, 0.717) is 18.8 Å². The molecular weight excluding hydrogens is 268 g/mol. The van der Waals surface area contributed by atoms with E-state index < -0.39 is 10.0 Å². The van der Waals surface area contributed by atoms with Gasteiger partial charge in [0.2, 0.25) is 10.0 Å². The third kappa shape index (κ3) is 2.20. The van der Waals surface area contributed by atoms with E-state index in [9.17, 15) is 8.42 Å². The van der Waals surface area contributed by atoms with E-state index in [0.717, 1.165) is 12.8 Å². The Morgan fingerprint density at radius 3 is 2.68 bits per heavy atom. The number of sulfonamides is 1. The number of hydrazine groups is 1. The number of nitrogen functional groups attached to an aromatic ring is 1. The van der Waals surface area contributed by atoms with Gasteiger partial charge in [-0.15, -0.1) is 0 Å². The summed E-state index contributed by atoms with van der Waals surface area (Å²) in [6, 6.07) is 1.54. The number of anilines is 1. The van der Waals surface area contributed by atoms with Crippen LogP contribution in [0.1, 0.15) is 12.8 Å². The standard InChI is InChI=1S/C11H16N4O3S/c12-14-10-3-4-13-5-11(10)19(16,17)15-6-8-1-2-9(7-15)18-8/h3-5,8-9H,1-2,6-7,12H2,(H,13,14). The van der Waals surface area contributed by atoms with Gasteiger partial charge in [0, 0.05) is 25.5 Å². The van der Waals surface area contributed by atoms with Crippen molar-refractivity contribution in [3.8, 4) is 0 Å². The van der Waals surface area contributed by atoms with Crippen LogP contribution >= 0.6 is 0 Å². The zero-order valence-electron chi connectivity index (χ0n) is 10.3. The predicted octanol–water partition coefficient (Wildman–Crippen LogP) is -0.0809. The number of morpholine rings is 1. The molecule has 0 radical (unpaired) electrons. The first-order valence-corrected chi connectivity index (χ1v) is 7.61. The van der Waals surface area contributed by atoms with Crippen LogP contribution in [0.3, 0.4) is 0 Å². The molecule has 2 atom stereocenters. The van der Waals surface area contributed by atoms with Crippen LogP contribution in [0.25, 0.3) is 0 Å². The third-order valence-electron chi connectivity index (χ3n) is 3.57. The molecule has 2 saturated heterocycles. The zero-order valence-corrected chi connectivity index (χ0v) is 11.1. The van der Waals surface area contributed by atoms with E-state index in [1.807, 2.05) is 0 Å². The summed E-state index contributed by atoms with van der Waals surface area (Å²) in [5.41, 5.74) is 2.76. The fraction of sp³-hybridized carbons (Fsp3) is 0.545. The lowest BCUT2D eigenvalue weighted by atomic mass is 10.2. The van der Waals surface area contributed by atoms with Crippen LogP contribution in [-0.4, -0.2) is 43.0 Å². The first-order chi connectivity index (χ1) is 9.11. The molecule has 2 aliphatic rings. The zero-order chi connectivity index (χ0) is 13.5. The Morgan fingerprint density at radius 2 is 2.05 bits per heavy atom. The highest BCUT2D eigenvalue weighted by Gasteiger charge is 2.40. The summed E-state index contributed by atoms with van der Waals surface area (Å²) in [7, 11) is -3.58. The molecular formula is C11H16N4O3S. The molecule has 3 N–H and O–H groups in total. The summed E-state index contributed by atoms with van der Waals surface area (Å²) in [5.74, 6) is 5.36. The van der Waals surface area contributed by atoms with Gasteiger partial charge in [-0.3, -0.25) is 10.8 Å². The van der Waals surface area contributed by atoms with Crippen LogP contribution in [0, 0.1) is 0 Å². The van der Waals surface area contributed by atoms with Crippen molar-refractivity contribution >= 4 is 15.7 Å². The molecule has 2 unspecified atom stereocenters. The second-order valence-corrected chi connectivity index (χ2v) is 6.70. The van der Waals surface area contributed by atoms with Crippen LogP contribution in [0.2, 0.25) is 0 Å². The summed E-state index contributed by atoms with van der Waals surface area (Å²) in [6.07, 6.45) is 4.69. The van der Waals surface area contributed by atoms with E-state index in [1.165, 1.54) is 16.7 Å². The lowest BCUT2D eigenvalue weighted by Gasteiger charge is -2.31. The van der Waals surface area contributed by atoms with Gasteiger partial charge in [0.15, 0.2) is 0 Å². The van der Waals surface area contributed by atoms with Crippen molar-refractivity contribution in [1.82, 2.24) is 9.29 Å². The van der Waals surface area contributed by atoms with Crippen molar-refractivity contribution in [2.45, 2.75) is 29.9 Å². The van der Waals surface area contributed by atoms with Gasteiger partial charge in [-0.2, -0.15) is 4.31 Å². The number of nitrogens with one attached hydrogen (secondary N) is 1. The van der Waals surface area contributed by atoms with Crippen LogP contribution in [0.4, 0.5) is 5.69 Å². The summed E-state index contributed by atoms with van der Waals surface area (Å²) in [4.78, 5) is 3.99. The number of hydrogen-bond acceptors (Lipinski definition) is 6. The molecule has 104 valence electrons. The average molecular weight is 284 g/mol. The Kier molecular flexibility index (Phi) is 3.17. The van der Waals surface area contributed by atoms with Gasteiger partial charge in [-0.25, -0.2) is 8.42 Å². The fourth-order valence-corrected chi connectivity index (χ4v) is 4.22. The molecule has 0 aromatic carbocycles. The molecule has 2 aliphatic heterocycles. The molecule has 1 aromatic heterocycles. The molecule has 8 heteroatoms. The van der Waals surface area contributed by atoms with Crippen molar-refractivity contribution in [3.63, 3.8) is 0 Å². The van der Waals surface area contributed by atoms with Gasteiger partial charge in [-0.05, 0) is 18.9 Å². The summed E-state index contributed by atoms with van der Waals surface area (Å²) in [5, 5.41) is 0. The van der Waals surface area contributed by atoms with Crippen molar-refractivity contribution in [1.29, 1.82) is 0 Å². The van der Waals surface area contributed by atoms with Gasteiger partial charge in [0.25, 0.3) is 0 Å². The Bertz CT molecular complexity index is 565. The van der Waals surface area contributed by atoms with Crippen molar-refractivity contribution < 1.29 is 13.2 Å². The monoisotopic (exact) mass is 284 g/mol. The molecule has 0 aliphatic carbocycles. The summed E-state index contributed by atoms with van der Waals surface area (Å²) >= 11 is 0. The molecule has 2 fully saturated rings. The van der Waals surface area contributed by atoms with E-state index in [1.54, 1.807) is 6.07 Å². The number of nitrogens with zero attached hydrogens (tertiary/aromatic N) is 2. The minimum absolute atomic E-state index is 0.0134. The Balaban J connectivity index is 1.94. The number of hydrogen-bond donors (Lipinski definition) is 2. The largest absolute Gasteiger partial charge is 0.372 e. The van der Waals surface area contributed by atoms with E-state index in [4.69, 9.17) is 10.6 Å². The van der Waals surface area contributed by atoms with Crippen molar-refractivity contribution in [3.05, 3.63) is 18.5 Å². The smallest absolute Gasteiger partial charge is 0.246 e. The number of aromatic nitrogens is 1. The minimum Gasteiger partial charge on any atom is -0.372 e. The lowest BCUT2D eigenvalue weighted by Crippen LogP contribution is -2.45. The first kappa shape index (κ1) is 12.8. The summed E-state index contributed by atoms with van der Waals surface area (Å²) in [6.45, 7) is 0.801.